The molecule has 0 atom stereocenters. The van der Waals surface area contributed by atoms with Crippen molar-refractivity contribution in [2.75, 3.05) is 13.7 Å². The van der Waals surface area contributed by atoms with Crippen LogP contribution >= 0.6 is 0 Å². The maximum atomic E-state index is 13.7. The highest BCUT2D eigenvalue weighted by atomic mass is 19.2. The standard InChI is InChI=1S/C26H25F2NO5/c1-3-25(30)29(15-26(31)32)14-17-5-4-6-18(11-17)16-34-20-9-7-19(8-10-20)21-12-22(27)23(28)13-24(21)33-2/h4-13H,3,14-16H2,1-2H3,(H,31,32). The molecule has 0 aliphatic rings. The Hall–Kier alpha value is -3.94. The van der Waals surface area contributed by atoms with Gasteiger partial charge in [-0.2, -0.15) is 0 Å². The zero-order chi connectivity index (χ0) is 24.7. The Balaban J connectivity index is 1.68. The summed E-state index contributed by atoms with van der Waals surface area (Å²) in [5.74, 6) is -2.44. The molecule has 0 heterocycles. The molecule has 0 radical (unpaired) electrons. The largest absolute Gasteiger partial charge is 0.496 e. The number of aliphatic carboxylic acids is 1. The second-order valence-electron chi connectivity index (χ2n) is 7.60. The molecule has 3 rings (SSSR count). The highest BCUT2D eigenvalue weighted by Crippen LogP contribution is 2.33. The molecule has 0 fully saturated rings. The number of carbonyl (C=O) groups excluding carboxylic acids is 1. The van der Waals surface area contributed by atoms with Crippen LogP contribution in [0.15, 0.2) is 60.7 Å². The van der Waals surface area contributed by atoms with E-state index >= 15 is 0 Å². The molecule has 0 aliphatic heterocycles. The molecule has 34 heavy (non-hydrogen) atoms. The Kier molecular flexibility index (Phi) is 8.19. The van der Waals surface area contributed by atoms with Gasteiger partial charge in [-0.1, -0.05) is 43.3 Å². The third-order valence-corrected chi connectivity index (χ3v) is 5.16. The maximum absolute atomic E-state index is 13.7. The minimum Gasteiger partial charge on any atom is -0.496 e. The molecule has 0 saturated carbocycles. The van der Waals surface area contributed by atoms with Crippen molar-refractivity contribution in [3.63, 3.8) is 0 Å². The molecule has 1 N–H and O–H groups in total. The monoisotopic (exact) mass is 469 g/mol. The van der Waals surface area contributed by atoms with Gasteiger partial charge in [-0.05, 0) is 34.9 Å². The van der Waals surface area contributed by atoms with E-state index in [1.165, 1.54) is 12.0 Å². The summed E-state index contributed by atoms with van der Waals surface area (Å²) in [5, 5.41) is 9.06. The first-order chi connectivity index (χ1) is 16.3. The number of carboxylic acids is 1. The number of hydrogen-bond acceptors (Lipinski definition) is 4. The molecule has 0 bridgehead atoms. The lowest BCUT2D eigenvalue weighted by molar-refractivity contribution is -0.144. The summed E-state index contributed by atoms with van der Waals surface area (Å²) in [6.07, 6.45) is 0.225. The van der Waals surface area contributed by atoms with Crippen LogP contribution in [0.1, 0.15) is 24.5 Å². The molecule has 0 saturated heterocycles. The normalized spacial score (nSPS) is 10.6. The smallest absolute Gasteiger partial charge is 0.323 e. The van der Waals surface area contributed by atoms with E-state index in [0.717, 1.165) is 23.3 Å². The Morgan fingerprint density at radius 1 is 0.971 bits per heavy atom. The minimum absolute atomic E-state index is 0.192. The lowest BCUT2D eigenvalue weighted by Gasteiger charge is -2.20. The molecular weight excluding hydrogens is 444 g/mol. The van der Waals surface area contributed by atoms with Gasteiger partial charge in [-0.25, -0.2) is 8.78 Å². The van der Waals surface area contributed by atoms with Gasteiger partial charge in [0.05, 0.1) is 7.11 Å². The molecule has 0 aromatic heterocycles. The Bertz CT molecular complexity index is 1160. The molecule has 0 aliphatic carbocycles. The van der Waals surface area contributed by atoms with Gasteiger partial charge >= 0.3 is 5.97 Å². The zero-order valence-electron chi connectivity index (χ0n) is 18.9. The average molecular weight is 469 g/mol. The number of methoxy groups -OCH3 is 1. The van der Waals surface area contributed by atoms with Crippen LogP contribution in [0, 0.1) is 11.6 Å². The van der Waals surface area contributed by atoms with E-state index in [0.29, 0.717) is 16.9 Å². The third kappa shape index (κ3) is 6.31. The van der Waals surface area contributed by atoms with Gasteiger partial charge in [-0.3, -0.25) is 9.59 Å². The van der Waals surface area contributed by atoms with Crippen molar-refractivity contribution >= 4 is 11.9 Å². The topological polar surface area (TPSA) is 76.1 Å². The number of halogens is 2. The van der Waals surface area contributed by atoms with Crippen molar-refractivity contribution in [2.24, 2.45) is 0 Å². The van der Waals surface area contributed by atoms with Crippen LogP contribution in [0.25, 0.3) is 11.1 Å². The molecule has 3 aromatic carbocycles. The van der Waals surface area contributed by atoms with Crippen LogP contribution in [0.3, 0.4) is 0 Å². The summed E-state index contributed by atoms with van der Waals surface area (Å²) in [7, 11) is 1.39. The molecule has 0 unspecified atom stereocenters. The van der Waals surface area contributed by atoms with Gasteiger partial charge in [-0.15, -0.1) is 0 Å². The van der Waals surface area contributed by atoms with Crippen LogP contribution in [0.5, 0.6) is 11.5 Å². The highest BCUT2D eigenvalue weighted by Gasteiger charge is 2.16. The summed E-state index contributed by atoms with van der Waals surface area (Å²) in [6, 6.07) is 16.4. The number of benzene rings is 3. The number of amides is 1. The number of nitrogens with zero attached hydrogens (tertiary/aromatic N) is 1. The van der Waals surface area contributed by atoms with E-state index < -0.39 is 17.6 Å². The second kappa shape index (κ2) is 11.3. The summed E-state index contributed by atoms with van der Waals surface area (Å²) in [5.41, 5.74) is 2.71. The van der Waals surface area contributed by atoms with Crippen molar-refractivity contribution in [3.05, 3.63) is 83.4 Å². The van der Waals surface area contributed by atoms with E-state index in [-0.39, 0.29) is 37.8 Å². The number of ether oxygens (including phenoxy) is 2. The Morgan fingerprint density at radius 2 is 1.65 bits per heavy atom. The van der Waals surface area contributed by atoms with Crippen molar-refractivity contribution in [2.45, 2.75) is 26.5 Å². The summed E-state index contributed by atoms with van der Waals surface area (Å²) < 4.78 is 38.2. The number of carboxylic acid groups (broad SMARTS) is 1. The van der Waals surface area contributed by atoms with Crippen LogP contribution < -0.4 is 9.47 Å². The number of rotatable bonds is 10. The van der Waals surface area contributed by atoms with Crippen molar-refractivity contribution in [1.82, 2.24) is 4.90 Å². The first kappa shape index (κ1) is 24.7. The second-order valence-corrected chi connectivity index (χ2v) is 7.60. The lowest BCUT2D eigenvalue weighted by atomic mass is 10.0. The van der Waals surface area contributed by atoms with Crippen LogP contribution in [-0.4, -0.2) is 35.5 Å². The Morgan fingerprint density at radius 3 is 2.29 bits per heavy atom. The summed E-state index contributed by atoms with van der Waals surface area (Å²) in [6.45, 7) is 1.78. The maximum Gasteiger partial charge on any atom is 0.323 e. The van der Waals surface area contributed by atoms with Crippen molar-refractivity contribution < 1.29 is 33.0 Å². The van der Waals surface area contributed by atoms with Crippen LogP contribution in [0.2, 0.25) is 0 Å². The fraction of sp³-hybridized carbons (Fsp3) is 0.231. The summed E-state index contributed by atoms with van der Waals surface area (Å²) >= 11 is 0. The van der Waals surface area contributed by atoms with Crippen molar-refractivity contribution in [1.29, 1.82) is 0 Å². The first-order valence-corrected chi connectivity index (χ1v) is 10.6. The van der Waals surface area contributed by atoms with Gasteiger partial charge in [0.15, 0.2) is 11.6 Å². The fourth-order valence-corrected chi connectivity index (χ4v) is 3.48. The average Bonchev–Trinajstić information content (AvgIpc) is 2.83. The van der Waals surface area contributed by atoms with E-state index in [1.54, 1.807) is 31.2 Å². The van der Waals surface area contributed by atoms with Crippen molar-refractivity contribution in [3.8, 4) is 22.6 Å². The molecule has 3 aromatic rings. The number of hydrogen-bond donors (Lipinski definition) is 1. The highest BCUT2D eigenvalue weighted by molar-refractivity contribution is 5.81. The molecule has 6 nitrogen and oxygen atoms in total. The van der Waals surface area contributed by atoms with Crippen LogP contribution in [-0.2, 0) is 22.7 Å². The predicted octanol–water partition coefficient (Wildman–Crippen LogP) is 5.04. The third-order valence-electron chi connectivity index (χ3n) is 5.16. The molecular formula is C26H25F2NO5. The summed E-state index contributed by atoms with van der Waals surface area (Å²) in [4.78, 5) is 24.4. The molecule has 8 heteroatoms. The minimum atomic E-state index is -1.06. The van der Waals surface area contributed by atoms with E-state index in [4.69, 9.17) is 14.6 Å². The molecule has 1 amide bonds. The van der Waals surface area contributed by atoms with E-state index in [9.17, 15) is 18.4 Å². The number of carbonyl (C=O) groups is 2. The SMILES string of the molecule is CCC(=O)N(CC(=O)O)Cc1cccc(COc2ccc(-c3cc(F)c(F)cc3OC)cc2)c1. The van der Waals surface area contributed by atoms with E-state index in [1.807, 2.05) is 24.3 Å². The predicted molar refractivity (Wildman–Crippen MR) is 122 cm³/mol. The van der Waals surface area contributed by atoms with Gasteiger partial charge in [0.1, 0.15) is 24.7 Å². The molecule has 0 spiro atoms. The van der Waals surface area contributed by atoms with Crippen LogP contribution in [0.4, 0.5) is 8.78 Å². The Labute approximate surface area is 196 Å². The van der Waals surface area contributed by atoms with Gasteiger partial charge < -0.3 is 19.5 Å². The fourth-order valence-electron chi connectivity index (χ4n) is 3.48. The van der Waals surface area contributed by atoms with Gasteiger partial charge in [0.2, 0.25) is 5.91 Å². The van der Waals surface area contributed by atoms with Gasteiger partial charge in [0, 0.05) is 24.6 Å². The van der Waals surface area contributed by atoms with Gasteiger partial charge in [0.25, 0.3) is 0 Å². The quantitative estimate of drug-likeness (QED) is 0.450. The lowest BCUT2D eigenvalue weighted by Crippen LogP contribution is -2.34. The molecule has 178 valence electrons. The zero-order valence-corrected chi connectivity index (χ0v) is 18.9. The first-order valence-electron chi connectivity index (χ1n) is 10.6. The van der Waals surface area contributed by atoms with E-state index in [2.05, 4.69) is 0 Å².